The second-order valence-electron chi connectivity index (χ2n) is 9.57. The van der Waals surface area contributed by atoms with Crippen LogP contribution in [0.2, 0.25) is 0 Å². The Labute approximate surface area is 256 Å². The van der Waals surface area contributed by atoms with E-state index in [9.17, 15) is 5.26 Å². The maximum absolute atomic E-state index is 9.95. The summed E-state index contributed by atoms with van der Waals surface area (Å²) in [4.78, 5) is 22.3. The Bertz CT molecular complexity index is 1810. The van der Waals surface area contributed by atoms with E-state index in [1.54, 1.807) is 24.8 Å². The molecule has 0 amide bonds. The molecule has 0 aliphatic heterocycles. The molecule has 0 aliphatic rings. The topological polar surface area (TPSA) is 115 Å². The van der Waals surface area contributed by atoms with E-state index in [1.807, 2.05) is 74.5 Å². The molecule has 0 fully saturated rings. The molecule has 0 N–H and O–H groups in total. The van der Waals surface area contributed by atoms with E-state index in [1.165, 1.54) is 9.36 Å². The molecule has 6 aromatic rings. The number of para-hydroxylation sites is 2. The molecule has 0 unspecified atom stereocenters. The van der Waals surface area contributed by atoms with Gasteiger partial charge in [-0.25, -0.2) is 5.26 Å². The minimum Gasteiger partial charge on any atom is -0.334 e. The first-order chi connectivity index (χ1) is 20.0. The van der Waals surface area contributed by atoms with Crippen molar-refractivity contribution < 1.29 is 21.1 Å². The Kier molecular flexibility index (Phi) is 7.84. The van der Waals surface area contributed by atoms with Crippen LogP contribution < -0.4 is 0 Å². The summed E-state index contributed by atoms with van der Waals surface area (Å²) in [5.74, 6) is 0.289. The molecule has 11 heteroatoms. The minimum atomic E-state index is -0.734. The average molecular weight is 728 g/mol. The van der Waals surface area contributed by atoms with Gasteiger partial charge < -0.3 is 14.8 Å². The maximum Gasteiger partial charge on any atom is 2.00 e. The fourth-order valence-corrected chi connectivity index (χ4v) is 4.38. The third-order valence-electron chi connectivity index (χ3n) is 6.67. The summed E-state index contributed by atoms with van der Waals surface area (Å²) in [5.41, 5.74) is 4.13. The van der Waals surface area contributed by atoms with Gasteiger partial charge in [-0.05, 0) is 79.9 Å². The summed E-state index contributed by atoms with van der Waals surface area (Å²) >= 11 is 0. The van der Waals surface area contributed by atoms with Crippen LogP contribution in [0.4, 0.5) is 5.82 Å². The summed E-state index contributed by atoms with van der Waals surface area (Å²) in [7, 11) is 0. The predicted molar refractivity (Wildman–Crippen MR) is 150 cm³/mol. The molecule has 10 nitrogen and oxygen atoms in total. The van der Waals surface area contributed by atoms with E-state index < -0.39 is 5.41 Å². The van der Waals surface area contributed by atoms with Gasteiger partial charge in [0.2, 0.25) is 0 Å². The fraction of sp³-hybridized carbons (Fsp3) is 0.0968. The van der Waals surface area contributed by atoms with Crippen LogP contribution in [0, 0.1) is 30.3 Å². The largest absolute Gasteiger partial charge is 2.00 e. The van der Waals surface area contributed by atoms with E-state index in [0.717, 1.165) is 11.4 Å². The molecule has 204 valence electrons. The van der Waals surface area contributed by atoms with Crippen LogP contribution in [0.25, 0.3) is 38.7 Å². The molecule has 0 radical (unpaired) electrons. The first-order valence-corrected chi connectivity index (χ1v) is 12.6. The van der Waals surface area contributed by atoms with Crippen molar-refractivity contribution in [3.8, 4) is 40.0 Å². The standard InChI is InChI=1S/C31H20N10.Pt/c1-31(2,28-19-34-17-25(38-28)23-15-36-40(27(23)14-32)21-10-6-4-7-11-21)29-20-35-18-26(39-29)24-16-37-41(30(24)33-3)22-12-8-5-9-13-22;/h4-13,17-20H,1-2H3;/q-2;+2. The van der Waals surface area contributed by atoms with Gasteiger partial charge in [0.15, 0.2) is 0 Å². The van der Waals surface area contributed by atoms with Crippen molar-refractivity contribution in [3.05, 3.63) is 126 Å². The van der Waals surface area contributed by atoms with Gasteiger partial charge in [-0.15, -0.1) is 5.56 Å². The number of hydrogen-bond donors (Lipinski definition) is 0. The van der Waals surface area contributed by atoms with Crippen molar-refractivity contribution in [1.82, 2.24) is 39.5 Å². The van der Waals surface area contributed by atoms with Crippen LogP contribution in [-0.2, 0) is 26.5 Å². The zero-order valence-corrected chi connectivity index (χ0v) is 24.6. The smallest absolute Gasteiger partial charge is 0.334 e. The van der Waals surface area contributed by atoms with Crippen LogP contribution in [0.3, 0.4) is 0 Å². The Hall–Kier alpha value is -5.31. The summed E-state index contributed by atoms with van der Waals surface area (Å²) in [6.07, 6.45) is 12.4. The first kappa shape index (κ1) is 28.2. The number of aromatic nitrogens is 8. The molecule has 0 spiro atoms. The SMILES string of the molecule is [C-]#[N+]c1c(-c2cncc(C(C)(C)c3cncc(-c4[c-]nn(-c5ccccc5)c4C#N)n3)n2)[c-]nn1-c1ccccc1.[Pt+2]. The van der Waals surface area contributed by atoms with E-state index in [0.29, 0.717) is 39.6 Å². The Morgan fingerprint density at radius 2 is 1.26 bits per heavy atom. The van der Waals surface area contributed by atoms with Crippen molar-refractivity contribution >= 4 is 5.82 Å². The zero-order valence-electron chi connectivity index (χ0n) is 22.4. The number of rotatable bonds is 6. The zero-order chi connectivity index (χ0) is 28.4. The molecule has 6 rings (SSSR count). The summed E-state index contributed by atoms with van der Waals surface area (Å²) < 4.78 is 3.07. The Morgan fingerprint density at radius 1 is 0.762 bits per heavy atom. The van der Waals surface area contributed by atoms with Crippen molar-refractivity contribution in [3.63, 3.8) is 0 Å². The number of benzene rings is 2. The van der Waals surface area contributed by atoms with Gasteiger partial charge in [0.05, 0.1) is 23.1 Å². The molecule has 0 atom stereocenters. The fourth-order valence-electron chi connectivity index (χ4n) is 4.38. The second kappa shape index (κ2) is 11.7. The third-order valence-corrected chi connectivity index (χ3v) is 6.67. The second-order valence-corrected chi connectivity index (χ2v) is 9.57. The Balaban J connectivity index is 0.00000353. The predicted octanol–water partition coefficient (Wildman–Crippen LogP) is 5.32. The molecule has 2 aromatic carbocycles. The molecule has 42 heavy (non-hydrogen) atoms. The molecule has 0 aliphatic carbocycles. The normalized spacial score (nSPS) is 10.9. The monoisotopic (exact) mass is 727 g/mol. The van der Waals surface area contributed by atoms with Gasteiger partial charge in [0.25, 0.3) is 5.82 Å². The van der Waals surface area contributed by atoms with Crippen molar-refractivity contribution in [1.29, 1.82) is 5.26 Å². The van der Waals surface area contributed by atoms with Crippen LogP contribution in [0.15, 0.2) is 85.5 Å². The van der Waals surface area contributed by atoms with Gasteiger partial charge in [0.1, 0.15) is 5.69 Å². The van der Waals surface area contributed by atoms with Crippen molar-refractivity contribution in [2.45, 2.75) is 19.3 Å². The minimum absolute atomic E-state index is 0. The van der Waals surface area contributed by atoms with E-state index in [4.69, 9.17) is 16.5 Å². The van der Waals surface area contributed by atoms with E-state index >= 15 is 0 Å². The van der Waals surface area contributed by atoms with Crippen LogP contribution >= 0.6 is 0 Å². The van der Waals surface area contributed by atoms with Crippen LogP contribution in [0.1, 0.15) is 30.9 Å². The van der Waals surface area contributed by atoms with Crippen molar-refractivity contribution in [2.24, 2.45) is 0 Å². The Morgan fingerprint density at radius 3 is 1.81 bits per heavy atom. The summed E-state index contributed by atoms with van der Waals surface area (Å²) in [6.45, 7) is 11.7. The molecule has 4 heterocycles. The van der Waals surface area contributed by atoms with Gasteiger partial charge in [-0.2, -0.15) is 9.78 Å². The summed E-state index contributed by atoms with van der Waals surface area (Å²) in [5, 5.41) is 18.6. The van der Waals surface area contributed by atoms with Crippen LogP contribution in [-0.4, -0.2) is 39.5 Å². The quantitative estimate of drug-likeness (QED) is 0.214. The third kappa shape index (κ3) is 5.01. The molecular formula is C31H20N10Pt. The molecule has 0 saturated heterocycles. The first-order valence-electron chi connectivity index (χ1n) is 12.6. The molecule has 0 bridgehead atoms. The average Bonchev–Trinajstić information content (AvgIpc) is 3.67. The van der Waals surface area contributed by atoms with E-state index in [2.05, 4.69) is 43.5 Å². The summed E-state index contributed by atoms with van der Waals surface area (Å²) in [6, 6.07) is 21.0. The van der Waals surface area contributed by atoms with Crippen molar-refractivity contribution in [2.75, 3.05) is 0 Å². The maximum atomic E-state index is 9.95. The van der Waals surface area contributed by atoms with Gasteiger partial charge >= 0.3 is 21.1 Å². The van der Waals surface area contributed by atoms with Gasteiger partial charge in [-0.3, -0.25) is 19.7 Å². The van der Waals surface area contributed by atoms with Gasteiger partial charge in [-0.1, -0.05) is 43.0 Å². The number of hydrogen-bond acceptors (Lipinski definition) is 7. The van der Waals surface area contributed by atoms with Gasteiger partial charge in [0, 0.05) is 23.5 Å². The van der Waals surface area contributed by atoms with Crippen LogP contribution in [0.5, 0.6) is 0 Å². The van der Waals surface area contributed by atoms with E-state index in [-0.39, 0.29) is 26.9 Å². The number of nitriles is 1. The molecule has 4 aromatic heterocycles. The molecule has 0 saturated carbocycles. The molecular weight excluding hydrogens is 707 g/mol. The number of nitrogens with zero attached hydrogens (tertiary/aromatic N) is 10.